The summed E-state index contributed by atoms with van der Waals surface area (Å²) in [5.74, 6) is 1.03. The second-order valence-corrected chi connectivity index (χ2v) is 7.52. The summed E-state index contributed by atoms with van der Waals surface area (Å²) in [5, 5.41) is 5.74. The summed E-state index contributed by atoms with van der Waals surface area (Å²) in [4.78, 5) is 2.16. The molecule has 4 N–H and O–H groups in total. The second-order valence-electron chi connectivity index (χ2n) is 4.58. The Hall–Kier alpha value is -0.920. The van der Waals surface area contributed by atoms with E-state index in [0.717, 1.165) is 31.0 Å². The number of nitrogen functional groups attached to an aromatic ring is 1. The fourth-order valence-corrected chi connectivity index (χ4v) is 4.10. The van der Waals surface area contributed by atoms with E-state index in [-0.39, 0.29) is 10.6 Å². The molecule has 1 unspecified atom stereocenters. The molecule has 2 rings (SSSR count). The standard InChI is InChI=1S/C12H19N3O2S2/c1-2-9-8-15(6-7-18-9)10-4-3-5-11(12(10)13)19(14,16)17/h3-5,9H,2,6-8,13H2,1H3,(H2,14,16,17). The molecule has 1 fully saturated rings. The van der Waals surface area contributed by atoms with Crippen molar-refractivity contribution >= 4 is 33.2 Å². The first-order valence-electron chi connectivity index (χ1n) is 6.21. The predicted octanol–water partition coefficient (Wildman–Crippen LogP) is 1.25. The van der Waals surface area contributed by atoms with E-state index in [0.29, 0.717) is 5.25 Å². The van der Waals surface area contributed by atoms with Gasteiger partial charge in [-0.15, -0.1) is 0 Å². The Morgan fingerprint density at radius 1 is 1.47 bits per heavy atom. The van der Waals surface area contributed by atoms with E-state index >= 15 is 0 Å². The third-order valence-electron chi connectivity index (χ3n) is 3.28. The molecule has 19 heavy (non-hydrogen) atoms. The van der Waals surface area contributed by atoms with Crippen LogP contribution in [0.2, 0.25) is 0 Å². The van der Waals surface area contributed by atoms with E-state index in [1.165, 1.54) is 6.07 Å². The van der Waals surface area contributed by atoms with Gasteiger partial charge in [-0.3, -0.25) is 0 Å². The van der Waals surface area contributed by atoms with Gasteiger partial charge in [0.15, 0.2) is 0 Å². The maximum atomic E-state index is 11.5. The van der Waals surface area contributed by atoms with Crippen molar-refractivity contribution in [2.75, 3.05) is 29.5 Å². The highest BCUT2D eigenvalue weighted by Crippen LogP contribution is 2.32. The summed E-state index contributed by atoms with van der Waals surface area (Å²) in [6.45, 7) is 3.92. The van der Waals surface area contributed by atoms with Crippen LogP contribution in [0.25, 0.3) is 0 Å². The van der Waals surface area contributed by atoms with Crippen LogP contribution in [0.1, 0.15) is 13.3 Å². The van der Waals surface area contributed by atoms with Gasteiger partial charge in [-0.2, -0.15) is 11.8 Å². The minimum absolute atomic E-state index is 0.0104. The monoisotopic (exact) mass is 301 g/mol. The van der Waals surface area contributed by atoms with Crippen molar-refractivity contribution < 1.29 is 8.42 Å². The molecule has 0 saturated carbocycles. The van der Waals surface area contributed by atoms with Crippen molar-refractivity contribution in [1.82, 2.24) is 0 Å². The molecule has 1 aliphatic rings. The molecule has 0 aliphatic carbocycles. The lowest BCUT2D eigenvalue weighted by atomic mass is 10.2. The summed E-state index contributed by atoms with van der Waals surface area (Å²) < 4.78 is 23.0. The van der Waals surface area contributed by atoms with Crippen molar-refractivity contribution in [1.29, 1.82) is 0 Å². The molecule has 5 nitrogen and oxygen atoms in total. The first kappa shape index (κ1) is 14.5. The highest BCUT2D eigenvalue weighted by molar-refractivity contribution is 8.00. The average molecular weight is 301 g/mol. The molecule has 0 amide bonds. The zero-order chi connectivity index (χ0) is 14.0. The highest BCUT2D eigenvalue weighted by Gasteiger charge is 2.23. The lowest BCUT2D eigenvalue weighted by Gasteiger charge is -2.34. The van der Waals surface area contributed by atoms with Crippen molar-refractivity contribution in [2.24, 2.45) is 5.14 Å². The zero-order valence-electron chi connectivity index (χ0n) is 10.9. The molecule has 1 aliphatic heterocycles. The van der Waals surface area contributed by atoms with Crippen LogP contribution in [-0.4, -0.2) is 32.5 Å². The van der Waals surface area contributed by atoms with Gasteiger partial charge in [0.25, 0.3) is 0 Å². The first-order valence-corrected chi connectivity index (χ1v) is 8.80. The Balaban J connectivity index is 2.35. The SMILES string of the molecule is CCC1CN(c2cccc(S(N)(=O)=O)c2N)CCS1. The quantitative estimate of drug-likeness (QED) is 0.820. The van der Waals surface area contributed by atoms with Gasteiger partial charge in [0.1, 0.15) is 4.90 Å². The fraction of sp³-hybridized carbons (Fsp3) is 0.500. The van der Waals surface area contributed by atoms with Crippen LogP contribution in [0.3, 0.4) is 0 Å². The molecule has 0 spiro atoms. The summed E-state index contributed by atoms with van der Waals surface area (Å²) in [7, 11) is -3.77. The van der Waals surface area contributed by atoms with Crippen LogP contribution >= 0.6 is 11.8 Å². The molecule has 0 bridgehead atoms. The van der Waals surface area contributed by atoms with Gasteiger partial charge >= 0.3 is 0 Å². The summed E-state index contributed by atoms with van der Waals surface area (Å²) in [6, 6.07) is 4.99. The molecule has 7 heteroatoms. The molecule has 106 valence electrons. The number of anilines is 2. The number of para-hydroxylation sites is 1. The van der Waals surface area contributed by atoms with E-state index < -0.39 is 10.0 Å². The van der Waals surface area contributed by atoms with E-state index in [1.807, 2.05) is 17.8 Å². The number of nitrogens with zero attached hydrogens (tertiary/aromatic N) is 1. The van der Waals surface area contributed by atoms with Crippen LogP contribution in [0.15, 0.2) is 23.1 Å². The maximum absolute atomic E-state index is 11.5. The number of thioether (sulfide) groups is 1. The maximum Gasteiger partial charge on any atom is 0.240 e. The Bertz CT molecular complexity index is 560. The highest BCUT2D eigenvalue weighted by atomic mass is 32.2. The normalized spacial score (nSPS) is 20.5. The van der Waals surface area contributed by atoms with Crippen molar-refractivity contribution in [3.05, 3.63) is 18.2 Å². The van der Waals surface area contributed by atoms with Gasteiger partial charge in [0.05, 0.1) is 11.4 Å². The lowest BCUT2D eigenvalue weighted by Crippen LogP contribution is -2.38. The minimum atomic E-state index is -3.77. The Labute approximate surface area is 118 Å². The van der Waals surface area contributed by atoms with Crippen LogP contribution in [0.5, 0.6) is 0 Å². The molecular formula is C12H19N3O2S2. The number of rotatable bonds is 3. The Morgan fingerprint density at radius 3 is 2.84 bits per heavy atom. The third kappa shape index (κ3) is 3.16. The molecule has 0 aromatic heterocycles. The van der Waals surface area contributed by atoms with Gasteiger partial charge < -0.3 is 10.6 Å². The smallest absolute Gasteiger partial charge is 0.240 e. The molecular weight excluding hydrogens is 282 g/mol. The molecule has 1 saturated heterocycles. The number of nitrogens with two attached hydrogens (primary N) is 2. The van der Waals surface area contributed by atoms with Crippen LogP contribution in [-0.2, 0) is 10.0 Å². The van der Waals surface area contributed by atoms with E-state index in [1.54, 1.807) is 6.07 Å². The van der Waals surface area contributed by atoms with Gasteiger partial charge in [-0.05, 0) is 18.6 Å². The van der Waals surface area contributed by atoms with Crippen molar-refractivity contribution in [2.45, 2.75) is 23.5 Å². The lowest BCUT2D eigenvalue weighted by molar-refractivity contribution is 0.598. The number of hydrogen-bond acceptors (Lipinski definition) is 5. The molecule has 1 aromatic rings. The topological polar surface area (TPSA) is 89.4 Å². The Morgan fingerprint density at radius 2 is 2.21 bits per heavy atom. The molecule has 1 aromatic carbocycles. The molecule has 1 heterocycles. The first-order chi connectivity index (χ1) is 8.93. The summed E-state index contributed by atoms with van der Waals surface area (Å²) in [5.41, 5.74) is 7.00. The van der Waals surface area contributed by atoms with Crippen LogP contribution in [0, 0.1) is 0 Å². The van der Waals surface area contributed by atoms with E-state index in [2.05, 4.69) is 11.8 Å². The summed E-state index contributed by atoms with van der Waals surface area (Å²) in [6.07, 6.45) is 1.09. The van der Waals surface area contributed by atoms with Gasteiger partial charge in [-0.25, -0.2) is 13.6 Å². The third-order valence-corrected chi connectivity index (χ3v) is 5.63. The second kappa shape index (κ2) is 5.60. The molecule has 0 radical (unpaired) electrons. The summed E-state index contributed by atoms with van der Waals surface area (Å²) >= 11 is 1.95. The fourth-order valence-electron chi connectivity index (χ4n) is 2.24. The number of sulfonamides is 1. The van der Waals surface area contributed by atoms with Gasteiger partial charge in [0, 0.05) is 24.1 Å². The van der Waals surface area contributed by atoms with Gasteiger partial charge in [-0.1, -0.05) is 13.0 Å². The van der Waals surface area contributed by atoms with E-state index in [4.69, 9.17) is 10.9 Å². The Kier molecular flexibility index (Phi) is 4.27. The zero-order valence-corrected chi connectivity index (χ0v) is 12.5. The van der Waals surface area contributed by atoms with E-state index in [9.17, 15) is 8.42 Å². The molecule has 1 atom stereocenters. The van der Waals surface area contributed by atoms with Crippen molar-refractivity contribution in [3.8, 4) is 0 Å². The predicted molar refractivity (Wildman–Crippen MR) is 81.0 cm³/mol. The average Bonchev–Trinajstić information content (AvgIpc) is 2.37. The van der Waals surface area contributed by atoms with Crippen LogP contribution < -0.4 is 15.8 Å². The van der Waals surface area contributed by atoms with Crippen molar-refractivity contribution in [3.63, 3.8) is 0 Å². The van der Waals surface area contributed by atoms with Crippen LogP contribution in [0.4, 0.5) is 11.4 Å². The van der Waals surface area contributed by atoms with Gasteiger partial charge in [0.2, 0.25) is 10.0 Å². The number of hydrogen-bond donors (Lipinski definition) is 2. The number of primary sulfonamides is 1. The largest absolute Gasteiger partial charge is 0.396 e. The number of benzene rings is 1. The minimum Gasteiger partial charge on any atom is -0.396 e.